The highest BCUT2D eigenvalue weighted by atomic mass is 79.9. The third kappa shape index (κ3) is 2.45. The lowest BCUT2D eigenvalue weighted by atomic mass is 10.1. The van der Waals surface area contributed by atoms with Crippen molar-refractivity contribution < 1.29 is 4.39 Å². The Balaban J connectivity index is 1.88. The van der Waals surface area contributed by atoms with Gasteiger partial charge < -0.3 is 10.6 Å². The van der Waals surface area contributed by atoms with Crippen molar-refractivity contribution in [1.29, 1.82) is 0 Å². The molecule has 19 heavy (non-hydrogen) atoms. The molecule has 0 spiro atoms. The average Bonchev–Trinajstić information content (AvgIpc) is 2.75. The zero-order valence-corrected chi connectivity index (χ0v) is 12.0. The van der Waals surface area contributed by atoms with Crippen molar-refractivity contribution in [3.63, 3.8) is 0 Å². The summed E-state index contributed by atoms with van der Waals surface area (Å²) < 4.78 is 14.3. The molecule has 0 aliphatic carbocycles. The van der Waals surface area contributed by atoms with Gasteiger partial charge in [0, 0.05) is 28.9 Å². The van der Waals surface area contributed by atoms with E-state index >= 15 is 0 Å². The van der Waals surface area contributed by atoms with Crippen LogP contribution in [0.5, 0.6) is 0 Å². The maximum absolute atomic E-state index is 13.3. The first kappa shape index (κ1) is 12.5. The number of anilines is 2. The molecule has 98 valence electrons. The Morgan fingerprint density at radius 2 is 2.05 bits per heavy atom. The van der Waals surface area contributed by atoms with E-state index in [0.717, 1.165) is 40.9 Å². The molecule has 2 aromatic rings. The summed E-state index contributed by atoms with van der Waals surface area (Å²) in [5, 5.41) is 0. The van der Waals surface area contributed by atoms with Gasteiger partial charge in [0.1, 0.15) is 5.82 Å². The predicted molar refractivity (Wildman–Crippen MR) is 79.7 cm³/mol. The van der Waals surface area contributed by atoms with Gasteiger partial charge in [-0.1, -0.05) is 28.1 Å². The number of nitrogens with zero attached hydrogens (tertiary/aromatic N) is 1. The molecule has 1 aliphatic rings. The van der Waals surface area contributed by atoms with Crippen LogP contribution in [-0.4, -0.2) is 6.54 Å². The van der Waals surface area contributed by atoms with Gasteiger partial charge in [0.25, 0.3) is 0 Å². The van der Waals surface area contributed by atoms with E-state index in [1.54, 1.807) is 6.07 Å². The molecule has 0 fully saturated rings. The average molecular weight is 321 g/mol. The highest BCUT2D eigenvalue weighted by molar-refractivity contribution is 9.10. The molecular weight excluding hydrogens is 307 g/mol. The Morgan fingerprint density at radius 3 is 2.84 bits per heavy atom. The smallest absolute Gasteiger partial charge is 0.125 e. The van der Waals surface area contributed by atoms with Gasteiger partial charge in [0.15, 0.2) is 0 Å². The van der Waals surface area contributed by atoms with Crippen LogP contribution in [0.2, 0.25) is 0 Å². The number of nitrogens with two attached hydrogens (primary N) is 1. The molecule has 0 saturated carbocycles. The van der Waals surface area contributed by atoms with Gasteiger partial charge in [0.2, 0.25) is 0 Å². The second kappa shape index (κ2) is 4.85. The molecular formula is C15H14BrFN2. The molecule has 2 aromatic carbocycles. The number of fused-ring (bicyclic) bond motifs is 1. The minimum atomic E-state index is -0.186. The molecule has 0 aromatic heterocycles. The zero-order valence-electron chi connectivity index (χ0n) is 10.4. The summed E-state index contributed by atoms with van der Waals surface area (Å²) in [6, 6.07) is 10.9. The predicted octanol–water partition coefficient (Wildman–Crippen LogP) is 3.73. The Bertz CT molecular complexity index is 628. The fourth-order valence-electron chi connectivity index (χ4n) is 2.50. The third-order valence-corrected chi connectivity index (χ3v) is 4.00. The van der Waals surface area contributed by atoms with Crippen molar-refractivity contribution in [2.24, 2.45) is 0 Å². The minimum Gasteiger partial charge on any atom is -0.398 e. The van der Waals surface area contributed by atoms with Gasteiger partial charge in [-0.25, -0.2) is 4.39 Å². The maximum Gasteiger partial charge on any atom is 0.125 e. The molecule has 2 N–H and O–H groups in total. The topological polar surface area (TPSA) is 29.3 Å². The minimum absolute atomic E-state index is 0.186. The molecule has 3 rings (SSSR count). The van der Waals surface area contributed by atoms with Crippen molar-refractivity contribution in [2.75, 3.05) is 17.2 Å². The lowest BCUT2D eigenvalue weighted by molar-refractivity contribution is 0.627. The van der Waals surface area contributed by atoms with Crippen LogP contribution in [0, 0.1) is 5.82 Å². The highest BCUT2D eigenvalue weighted by Gasteiger charge is 2.20. The van der Waals surface area contributed by atoms with Crippen LogP contribution in [0.15, 0.2) is 40.9 Å². The van der Waals surface area contributed by atoms with E-state index in [4.69, 9.17) is 5.73 Å². The Hall–Kier alpha value is -1.55. The summed E-state index contributed by atoms with van der Waals surface area (Å²) in [5.74, 6) is -0.186. The van der Waals surface area contributed by atoms with Crippen molar-refractivity contribution in [1.82, 2.24) is 0 Å². The van der Waals surface area contributed by atoms with Crippen LogP contribution >= 0.6 is 15.9 Å². The van der Waals surface area contributed by atoms with Crippen LogP contribution in [0.3, 0.4) is 0 Å². The number of hydrogen-bond donors (Lipinski definition) is 1. The summed E-state index contributed by atoms with van der Waals surface area (Å²) in [6.07, 6.45) is 0.964. The van der Waals surface area contributed by atoms with Crippen molar-refractivity contribution >= 4 is 27.3 Å². The summed E-state index contributed by atoms with van der Waals surface area (Å²) in [4.78, 5) is 2.18. The van der Waals surface area contributed by atoms with Crippen LogP contribution < -0.4 is 10.6 Å². The van der Waals surface area contributed by atoms with Crippen LogP contribution in [0.1, 0.15) is 11.1 Å². The Kier molecular flexibility index (Phi) is 3.19. The van der Waals surface area contributed by atoms with E-state index in [0.29, 0.717) is 0 Å². The second-order valence-electron chi connectivity index (χ2n) is 4.79. The van der Waals surface area contributed by atoms with E-state index in [9.17, 15) is 4.39 Å². The third-order valence-electron chi connectivity index (χ3n) is 3.51. The molecule has 0 amide bonds. The summed E-state index contributed by atoms with van der Waals surface area (Å²) >= 11 is 3.40. The van der Waals surface area contributed by atoms with Crippen molar-refractivity contribution in [3.05, 3.63) is 57.8 Å². The second-order valence-corrected chi connectivity index (χ2v) is 5.70. The van der Waals surface area contributed by atoms with Crippen molar-refractivity contribution in [2.45, 2.75) is 13.0 Å². The summed E-state index contributed by atoms with van der Waals surface area (Å²) in [7, 11) is 0. The molecule has 1 aliphatic heterocycles. The number of nitrogen functional groups attached to an aromatic ring is 1. The van der Waals surface area contributed by atoms with Crippen LogP contribution in [-0.2, 0) is 13.0 Å². The number of hydrogen-bond acceptors (Lipinski definition) is 2. The van der Waals surface area contributed by atoms with Gasteiger partial charge >= 0.3 is 0 Å². The fourth-order valence-corrected chi connectivity index (χ4v) is 2.88. The molecule has 2 nitrogen and oxygen atoms in total. The Morgan fingerprint density at radius 1 is 1.21 bits per heavy atom. The first-order valence-electron chi connectivity index (χ1n) is 6.21. The molecule has 0 bridgehead atoms. The standard InChI is InChI=1S/C15H14BrFN2/c16-12-3-1-11(14(18)7-12)9-19-6-5-10-2-4-13(17)8-15(10)19/h1-4,7-8H,5-6,9,18H2. The first-order valence-corrected chi connectivity index (χ1v) is 7.00. The SMILES string of the molecule is Nc1cc(Br)ccc1CN1CCc2ccc(F)cc21. The maximum atomic E-state index is 13.3. The van der Waals surface area contributed by atoms with E-state index in [2.05, 4.69) is 20.8 Å². The summed E-state index contributed by atoms with van der Waals surface area (Å²) in [5.41, 5.74) is 10.0. The largest absolute Gasteiger partial charge is 0.398 e. The monoisotopic (exact) mass is 320 g/mol. The summed E-state index contributed by atoms with van der Waals surface area (Å²) in [6.45, 7) is 1.63. The van der Waals surface area contributed by atoms with Gasteiger partial charge in [0.05, 0.1) is 0 Å². The normalized spacial score (nSPS) is 13.7. The molecule has 0 saturated heterocycles. The number of rotatable bonds is 2. The Labute approximate surface area is 120 Å². The molecule has 1 heterocycles. The highest BCUT2D eigenvalue weighted by Crippen LogP contribution is 2.31. The quantitative estimate of drug-likeness (QED) is 0.854. The zero-order chi connectivity index (χ0) is 13.4. The molecule has 0 atom stereocenters. The van der Waals surface area contributed by atoms with Gasteiger partial charge in [-0.05, 0) is 41.8 Å². The van der Waals surface area contributed by atoms with Gasteiger partial charge in [-0.2, -0.15) is 0 Å². The molecule has 0 radical (unpaired) electrons. The molecule has 0 unspecified atom stereocenters. The number of halogens is 2. The first-order chi connectivity index (χ1) is 9.13. The van der Waals surface area contributed by atoms with Gasteiger partial charge in [-0.3, -0.25) is 0 Å². The lowest BCUT2D eigenvalue weighted by Crippen LogP contribution is -2.20. The van der Waals surface area contributed by atoms with Crippen molar-refractivity contribution in [3.8, 4) is 0 Å². The lowest BCUT2D eigenvalue weighted by Gasteiger charge is -2.20. The van der Waals surface area contributed by atoms with Crippen LogP contribution in [0.25, 0.3) is 0 Å². The van der Waals surface area contributed by atoms with E-state index in [1.807, 2.05) is 24.3 Å². The van der Waals surface area contributed by atoms with E-state index in [-0.39, 0.29) is 5.82 Å². The fraction of sp³-hybridized carbons (Fsp3) is 0.200. The van der Waals surface area contributed by atoms with Gasteiger partial charge in [-0.15, -0.1) is 0 Å². The molecule has 4 heteroatoms. The van der Waals surface area contributed by atoms with Crippen LogP contribution in [0.4, 0.5) is 15.8 Å². The van der Waals surface area contributed by atoms with E-state index < -0.39 is 0 Å². The number of benzene rings is 2. The van der Waals surface area contributed by atoms with E-state index in [1.165, 1.54) is 11.6 Å².